The molecule has 0 saturated carbocycles. The second-order valence-electron chi connectivity index (χ2n) is 8.46. The van der Waals surface area contributed by atoms with Gasteiger partial charge in [0.05, 0.1) is 11.4 Å². The number of benzene rings is 2. The summed E-state index contributed by atoms with van der Waals surface area (Å²) in [5.41, 5.74) is 4.20. The lowest BCUT2D eigenvalue weighted by atomic mass is 9.99. The molecule has 0 aliphatic heterocycles. The van der Waals surface area contributed by atoms with Gasteiger partial charge in [-0.3, -0.25) is 0 Å². The Hall–Kier alpha value is -3.02. The van der Waals surface area contributed by atoms with Crippen molar-refractivity contribution < 1.29 is 20.6 Å². The van der Waals surface area contributed by atoms with Crippen molar-refractivity contribution >= 4 is 11.4 Å². The molecule has 0 aliphatic rings. The Morgan fingerprint density at radius 1 is 0.594 bits per heavy atom. The van der Waals surface area contributed by atoms with Crippen molar-refractivity contribution in [3.63, 3.8) is 0 Å². The minimum atomic E-state index is 0.157. The van der Waals surface area contributed by atoms with Crippen LogP contribution in [-0.2, 0) is 0 Å². The number of aryl methyl sites for hydroxylation is 2. The fourth-order valence-electron chi connectivity index (χ4n) is 3.89. The van der Waals surface area contributed by atoms with Crippen LogP contribution in [0, 0.1) is 13.8 Å². The van der Waals surface area contributed by atoms with Crippen molar-refractivity contribution in [3.05, 3.63) is 58.7 Å². The molecule has 32 heavy (non-hydrogen) atoms. The maximum atomic E-state index is 10.1. The highest BCUT2D eigenvalue weighted by Gasteiger charge is 2.11. The lowest BCUT2D eigenvalue weighted by molar-refractivity contribution is 0.317. The standard InChI is InChI=1S/C26H36N2O4/c1-19-13-15-21(25(29)17-19)23(27-31)11-9-7-5-3-4-6-8-10-12-24(28-32)22-16-14-20(2)18-26(22)30/h13-18,29-32H,3-12H2,1-2H3/b27-23-,28-24-. The smallest absolute Gasteiger partial charge is 0.125 e. The largest absolute Gasteiger partial charge is 0.507 e. The molecule has 0 spiro atoms. The van der Waals surface area contributed by atoms with Gasteiger partial charge in [0, 0.05) is 11.1 Å². The first-order valence-corrected chi connectivity index (χ1v) is 11.5. The summed E-state index contributed by atoms with van der Waals surface area (Å²) < 4.78 is 0. The van der Waals surface area contributed by atoms with Gasteiger partial charge in [-0.25, -0.2) is 0 Å². The van der Waals surface area contributed by atoms with E-state index < -0.39 is 0 Å². The van der Waals surface area contributed by atoms with Crippen molar-refractivity contribution in [2.24, 2.45) is 10.3 Å². The first-order chi connectivity index (χ1) is 15.5. The SMILES string of the molecule is Cc1ccc(/C(CCCCCCCCCC/C(=N/O)c2ccc(C)cc2O)=N\O)c(O)c1. The topological polar surface area (TPSA) is 106 Å². The lowest BCUT2D eigenvalue weighted by Gasteiger charge is -2.08. The number of phenolic OH excluding ortho intramolecular Hbond substituents is 2. The normalized spacial score (nSPS) is 12.3. The summed E-state index contributed by atoms with van der Waals surface area (Å²) in [6.07, 6.45) is 9.79. The second kappa shape index (κ2) is 13.4. The van der Waals surface area contributed by atoms with Crippen LogP contribution < -0.4 is 0 Å². The van der Waals surface area contributed by atoms with Crippen LogP contribution in [0.25, 0.3) is 0 Å². The summed E-state index contributed by atoms with van der Waals surface area (Å²) in [4.78, 5) is 0. The first-order valence-electron chi connectivity index (χ1n) is 11.5. The van der Waals surface area contributed by atoms with E-state index in [1.807, 2.05) is 26.0 Å². The quantitative estimate of drug-likeness (QED) is 0.121. The molecule has 0 amide bonds. The van der Waals surface area contributed by atoms with Crippen molar-refractivity contribution in [1.82, 2.24) is 0 Å². The molecule has 0 aromatic heterocycles. The highest BCUT2D eigenvalue weighted by molar-refractivity contribution is 6.03. The molecular weight excluding hydrogens is 404 g/mol. The van der Waals surface area contributed by atoms with Crippen LogP contribution in [0.2, 0.25) is 0 Å². The van der Waals surface area contributed by atoms with Gasteiger partial charge in [-0.2, -0.15) is 0 Å². The number of oxime groups is 2. The minimum Gasteiger partial charge on any atom is -0.507 e. The zero-order valence-electron chi connectivity index (χ0n) is 19.2. The highest BCUT2D eigenvalue weighted by Crippen LogP contribution is 2.23. The van der Waals surface area contributed by atoms with Crippen molar-refractivity contribution in [1.29, 1.82) is 0 Å². The molecule has 4 N–H and O–H groups in total. The molecule has 6 heteroatoms. The number of nitrogens with zero attached hydrogens (tertiary/aromatic N) is 2. The summed E-state index contributed by atoms with van der Waals surface area (Å²) in [5.74, 6) is 0.314. The van der Waals surface area contributed by atoms with E-state index in [2.05, 4.69) is 10.3 Å². The van der Waals surface area contributed by atoms with Crippen molar-refractivity contribution in [2.45, 2.75) is 78.1 Å². The maximum Gasteiger partial charge on any atom is 0.125 e. The van der Waals surface area contributed by atoms with E-state index in [0.29, 0.717) is 35.4 Å². The highest BCUT2D eigenvalue weighted by atomic mass is 16.4. The van der Waals surface area contributed by atoms with Gasteiger partial charge in [0.2, 0.25) is 0 Å². The second-order valence-corrected chi connectivity index (χ2v) is 8.46. The Morgan fingerprint density at radius 2 is 0.938 bits per heavy atom. The molecule has 0 bridgehead atoms. The van der Waals surface area contributed by atoms with Gasteiger partial charge in [0.1, 0.15) is 11.5 Å². The summed E-state index contributed by atoms with van der Waals surface area (Å²) in [6.45, 7) is 3.82. The van der Waals surface area contributed by atoms with E-state index in [4.69, 9.17) is 0 Å². The van der Waals surface area contributed by atoms with Gasteiger partial charge in [-0.05, 0) is 74.9 Å². The van der Waals surface area contributed by atoms with Crippen LogP contribution >= 0.6 is 0 Å². The third kappa shape index (κ3) is 7.91. The third-order valence-electron chi connectivity index (χ3n) is 5.75. The number of hydrogen-bond donors (Lipinski definition) is 4. The van der Waals surface area contributed by atoms with Crippen LogP contribution in [0.1, 0.15) is 86.5 Å². The van der Waals surface area contributed by atoms with Gasteiger partial charge in [-0.15, -0.1) is 0 Å². The molecule has 174 valence electrons. The molecule has 0 fully saturated rings. The van der Waals surface area contributed by atoms with Crippen LogP contribution in [-0.4, -0.2) is 32.1 Å². The summed E-state index contributed by atoms with van der Waals surface area (Å²) in [7, 11) is 0. The molecule has 0 radical (unpaired) electrons. The molecule has 0 heterocycles. The fraction of sp³-hybridized carbons (Fsp3) is 0.462. The molecule has 0 unspecified atom stereocenters. The summed E-state index contributed by atoms with van der Waals surface area (Å²) in [5, 5.41) is 45.5. The van der Waals surface area contributed by atoms with Crippen LogP contribution in [0.15, 0.2) is 46.7 Å². The molecule has 0 atom stereocenters. The average Bonchev–Trinajstić information content (AvgIpc) is 2.76. The predicted octanol–water partition coefficient (Wildman–Crippen LogP) is 6.67. The number of unbranched alkanes of at least 4 members (excludes halogenated alkanes) is 7. The molecular formula is C26H36N2O4. The molecule has 0 saturated heterocycles. The van der Waals surface area contributed by atoms with Gasteiger partial charge >= 0.3 is 0 Å². The van der Waals surface area contributed by atoms with E-state index in [1.165, 1.54) is 0 Å². The Labute approximate surface area is 190 Å². The van der Waals surface area contributed by atoms with E-state index in [0.717, 1.165) is 62.5 Å². The van der Waals surface area contributed by atoms with Crippen molar-refractivity contribution in [2.75, 3.05) is 0 Å². The van der Waals surface area contributed by atoms with E-state index in [9.17, 15) is 20.6 Å². The van der Waals surface area contributed by atoms with E-state index in [-0.39, 0.29) is 11.5 Å². The predicted molar refractivity (Wildman–Crippen MR) is 129 cm³/mol. The molecule has 2 aromatic rings. The third-order valence-corrected chi connectivity index (χ3v) is 5.75. The van der Waals surface area contributed by atoms with E-state index >= 15 is 0 Å². The maximum absolute atomic E-state index is 10.1. The Balaban J connectivity index is 1.57. The summed E-state index contributed by atoms with van der Waals surface area (Å²) >= 11 is 0. The number of hydrogen-bond acceptors (Lipinski definition) is 6. The molecule has 2 aromatic carbocycles. The lowest BCUT2D eigenvalue weighted by Crippen LogP contribution is -2.02. The van der Waals surface area contributed by atoms with E-state index in [1.54, 1.807) is 24.3 Å². The van der Waals surface area contributed by atoms with Gasteiger partial charge < -0.3 is 20.6 Å². The minimum absolute atomic E-state index is 0.157. The fourth-order valence-corrected chi connectivity index (χ4v) is 3.89. The molecule has 2 rings (SSSR count). The van der Waals surface area contributed by atoms with Gasteiger partial charge in [-0.1, -0.05) is 61.0 Å². The monoisotopic (exact) mass is 440 g/mol. The van der Waals surface area contributed by atoms with Gasteiger partial charge in [0.25, 0.3) is 0 Å². The zero-order chi connectivity index (χ0) is 23.3. The average molecular weight is 441 g/mol. The Morgan fingerprint density at radius 3 is 1.25 bits per heavy atom. The number of phenols is 2. The van der Waals surface area contributed by atoms with Crippen LogP contribution in [0.5, 0.6) is 11.5 Å². The van der Waals surface area contributed by atoms with Crippen LogP contribution in [0.3, 0.4) is 0 Å². The number of rotatable bonds is 13. The first kappa shape index (κ1) is 25.2. The number of aromatic hydroxyl groups is 2. The summed E-state index contributed by atoms with van der Waals surface area (Å²) in [6, 6.07) is 10.8. The zero-order valence-corrected chi connectivity index (χ0v) is 19.2. The van der Waals surface area contributed by atoms with Crippen molar-refractivity contribution in [3.8, 4) is 11.5 Å². The van der Waals surface area contributed by atoms with Crippen LogP contribution in [0.4, 0.5) is 0 Å². The molecule has 0 aliphatic carbocycles. The Kier molecular flexibility index (Phi) is 10.6. The van der Waals surface area contributed by atoms with Gasteiger partial charge in [0.15, 0.2) is 0 Å². The molecule has 6 nitrogen and oxygen atoms in total. The Bertz CT molecular complexity index is 847.